The molecule has 1 saturated carbocycles. The van der Waals surface area contributed by atoms with Crippen molar-refractivity contribution in [2.24, 2.45) is 22.9 Å². The molecule has 0 unspecified atom stereocenters. The lowest BCUT2D eigenvalue weighted by Gasteiger charge is -2.59. The van der Waals surface area contributed by atoms with Gasteiger partial charge in [0.15, 0.2) is 0 Å². The molecule has 0 radical (unpaired) electrons. The monoisotopic (exact) mass is 874 g/mol. The Morgan fingerprint density at radius 1 is 0.921 bits per heavy atom. The second-order valence-electron chi connectivity index (χ2n) is 17.5. The van der Waals surface area contributed by atoms with Gasteiger partial charge in [0.1, 0.15) is 30.4 Å². The van der Waals surface area contributed by atoms with Gasteiger partial charge in [0.05, 0.1) is 31.8 Å². The first-order valence-electron chi connectivity index (χ1n) is 23.7. The molecule has 0 aromatic heterocycles. The Kier molecular flexibility index (Phi) is 20.3. The third-order valence-electron chi connectivity index (χ3n) is 13.2. The molecule has 1 aliphatic heterocycles. The van der Waals surface area contributed by atoms with Crippen LogP contribution < -0.4 is 19.5 Å². The Hall–Kier alpha value is -4.39. The number of benzene rings is 2. The Labute approximate surface area is 376 Å². The van der Waals surface area contributed by atoms with Crippen LogP contribution in [-0.2, 0) is 20.8 Å². The Bertz CT molecular complexity index is 1820. The van der Waals surface area contributed by atoms with E-state index in [1.54, 1.807) is 31.2 Å². The van der Waals surface area contributed by atoms with E-state index in [0.29, 0.717) is 48.8 Å². The zero-order valence-corrected chi connectivity index (χ0v) is 38.5. The maximum Gasteiger partial charge on any atom is 0.412 e. The largest absolute Gasteiger partial charge is 0.497 e. The van der Waals surface area contributed by atoms with Crippen molar-refractivity contribution in [1.29, 1.82) is 0 Å². The molecule has 63 heavy (non-hydrogen) atoms. The SMILES string of the molecule is C=CCO[C@@]12Oc3ccc(OC(=O)NCCCCCCCCCCCC)cc3[C@H]3[C@H](CCCCO)[C@@H](CCCCO)C=C(C(=NOC)C[C@@H]1N(C)C(=O)Cc1cccc(OC)c1)[C@H]32. The van der Waals surface area contributed by atoms with Crippen LogP contribution in [0.1, 0.15) is 133 Å². The lowest BCUT2D eigenvalue weighted by molar-refractivity contribution is -0.255. The molecular weight excluding hydrogens is 799 g/mol. The minimum atomic E-state index is -1.37. The summed E-state index contributed by atoms with van der Waals surface area (Å²) < 4.78 is 25.6. The molecule has 1 heterocycles. The summed E-state index contributed by atoms with van der Waals surface area (Å²) >= 11 is 0. The van der Waals surface area contributed by atoms with Crippen LogP contribution in [0.2, 0.25) is 0 Å². The molecule has 0 spiro atoms. The molecule has 348 valence electrons. The smallest absolute Gasteiger partial charge is 0.412 e. The third kappa shape index (κ3) is 13.1. The lowest BCUT2D eigenvalue weighted by atomic mass is 9.55. The molecule has 2 aromatic rings. The van der Waals surface area contributed by atoms with E-state index in [-0.39, 0.29) is 49.9 Å². The Morgan fingerprint density at radius 3 is 2.32 bits per heavy atom. The molecule has 3 aliphatic rings. The molecule has 6 atom stereocenters. The zero-order valence-electron chi connectivity index (χ0n) is 38.5. The maximum atomic E-state index is 14.4. The predicted octanol–water partition coefficient (Wildman–Crippen LogP) is 9.67. The van der Waals surface area contributed by atoms with Crippen molar-refractivity contribution in [2.75, 3.05) is 47.6 Å². The van der Waals surface area contributed by atoms with E-state index in [0.717, 1.165) is 61.6 Å². The average Bonchev–Trinajstić information content (AvgIpc) is 3.29. The lowest BCUT2D eigenvalue weighted by Crippen LogP contribution is -2.69. The van der Waals surface area contributed by atoms with Gasteiger partial charge in [-0.05, 0) is 85.4 Å². The highest BCUT2D eigenvalue weighted by molar-refractivity contribution is 6.03. The summed E-state index contributed by atoms with van der Waals surface area (Å²) in [4.78, 5) is 34.9. The molecule has 12 nitrogen and oxygen atoms in total. The van der Waals surface area contributed by atoms with Gasteiger partial charge in [0.25, 0.3) is 0 Å². The number of fused-ring (bicyclic) bond motifs is 2. The van der Waals surface area contributed by atoms with Crippen LogP contribution >= 0.6 is 0 Å². The molecule has 0 bridgehead atoms. The van der Waals surface area contributed by atoms with Crippen molar-refractivity contribution in [3.8, 4) is 17.2 Å². The van der Waals surface area contributed by atoms with Crippen molar-refractivity contribution < 1.29 is 43.6 Å². The second-order valence-corrected chi connectivity index (χ2v) is 17.5. The van der Waals surface area contributed by atoms with E-state index >= 15 is 0 Å². The van der Waals surface area contributed by atoms with Gasteiger partial charge in [0.2, 0.25) is 11.7 Å². The van der Waals surface area contributed by atoms with Crippen LogP contribution in [0.25, 0.3) is 0 Å². The summed E-state index contributed by atoms with van der Waals surface area (Å²) in [6.45, 7) is 7.14. The number of oxime groups is 1. The van der Waals surface area contributed by atoms with Crippen molar-refractivity contribution in [2.45, 2.75) is 140 Å². The fourth-order valence-corrected chi connectivity index (χ4v) is 10.1. The second kappa shape index (κ2) is 25.8. The van der Waals surface area contributed by atoms with E-state index in [9.17, 15) is 19.8 Å². The highest BCUT2D eigenvalue weighted by Crippen LogP contribution is 2.61. The number of likely N-dealkylation sites (N-methyl/N-ethyl adjacent to an activating group) is 1. The Balaban J connectivity index is 1.49. The summed E-state index contributed by atoms with van der Waals surface area (Å²) in [6, 6.07) is 12.4. The Morgan fingerprint density at radius 2 is 1.63 bits per heavy atom. The molecule has 0 saturated heterocycles. The quantitative estimate of drug-likeness (QED) is 0.0432. The number of aliphatic hydroxyl groups excluding tert-OH is 2. The van der Waals surface area contributed by atoms with E-state index < -0.39 is 23.8 Å². The van der Waals surface area contributed by atoms with Crippen LogP contribution in [-0.4, -0.2) is 92.3 Å². The number of unbranched alkanes of at least 4 members (excludes halogenated alkanes) is 11. The number of allylic oxidation sites excluding steroid dienone is 1. The summed E-state index contributed by atoms with van der Waals surface area (Å²) in [5.74, 6) is -0.412. The summed E-state index contributed by atoms with van der Waals surface area (Å²) in [7, 11) is 4.93. The molecule has 5 rings (SSSR count). The van der Waals surface area contributed by atoms with Crippen molar-refractivity contribution in [3.05, 3.63) is 77.9 Å². The van der Waals surface area contributed by atoms with Gasteiger partial charge < -0.3 is 44.2 Å². The van der Waals surface area contributed by atoms with E-state index in [4.69, 9.17) is 23.8 Å². The number of hydrogen-bond acceptors (Lipinski definition) is 10. The standard InChI is InChI=1S/C51H75N3O9/c1-6-8-9-10-11-12-13-14-15-18-28-52-50(58)62-40-26-27-45-43(35-40)48-41(25-17-20-30-56)38(23-16-19-29-55)34-42-44(53-60-5)36-46(51(63-45,49(42)48)61-31-7-2)54(3)47(57)33-37-22-21-24-39(32-37)59-4/h7,21-22,24,26-27,32,34-35,38,41,46,48-49,55-56H,2,6,8-20,23,25,28-31,33,36H2,1,3-5H3,(H,52,58)/t38-,41+,46-,48+,49+,51+/m0/s1. The number of methoxy groups -OCH3 is 1. The van der Waals surface area contributed by atoms with Gasteiger partial charge in [-0.25, -0.2) is 4.79 Å². The van der Waals surface area contributed by atoms with Crippen LogP contribution in [0.5, 0.6) is 17.2 Å². The topological polar surface area (TPSA) is 148 Å². The fraction of sp³-hybridized carbons (Fsp3) is 0.627. The maximum absolute atomic E-state index is 14.4. The van der Waals surface area contributed by atoms with Crippen LogP contribution in [0.15, 0.2) is 71.9 Å². The van der Waals surface area contributed by atoms with Gasteiger partial charge >= 0.3 is 6.09 Å². The van der Waals surface area contributed by atoms with E-state index in [1.807, 2.05) is 36.4 Å². The van der Waals surface area contributed by atoms with Gasteiger partial charge in [-0.15, -0.1) is 6.58 Å². The highest BCUT2D eigenvalue weighted by atomic mass is 16.7. The van der Waals surface area contributed by atoms with Crippen LogP contribution in [0, 0.1) is 17.8 Å². The minimum absolute atomic E-state index is 0.0408. The molecule has 12 heteroatoms. The molecule has 2 aromatic carbocycles. The number of nitrogens with zero attached hydrogens (tertiary/aromatic N) is 2. The third-order valence-corrected chi connectivity index (χ3v) is 13.2. The molecule has 1 fully saturated rings. The number of carbonyl (C=O) groups is 2. The predicted molar refractivity (Wildman–Crippen MR) is 247 cm³/mol. The molecule has 2 amide bonds. The van der Waals surface area contributed by atoms with E-state index in [2.05, 4.69) is 30.1 Å². The number of carbonyl (C=O) groups excluding carboxylic acids is 2. The van der Waals surface area contributed by atoms with Crippen LogP contribution in [0.3, 0.4) is 0 Å². The first-order chi connectivity index (χ1) is 30.7. The number of nitrogens with one attached hydrogen (secondary N) is 1. The van der Waals surface area contributed by atoms with Crippen molar-refractivity contribution >= 4 is 17.7 Å². The summed E-state index contributed by atoms with van der Waals surface area (Å²) in [5.41, 5.74) is 3.35. The molecular formula is C51H75N3O9. The van der Waals surface area contributed by atoms with E-state index in [1.165, 1.54) is 52.1 Å². The number of rotatable bonds is 28. The zero-order chi connectivity index (χ0) is 45.0. The highest BCUT2D eigenvalue weighted by Gasteiger charge is 2.65. The minimum Gasteiger partial charge on any atom is -0.497 e. The number of hydrogen-bond donors (Lipinski definition) is 3. The number of aliphatic hydroxyl groups is 2. The van der Waals surface area contributed by atoms with Gasteiger partial charge in [-0.1, -0.05) is 107 Å². The van der Waals surface area contributed by atoms with Crippen molar-refractivity contribution in [1.82, 2.24) is 10.2 Å². The van der Waals surface area contributed by atoms with Gasteiger partial charge in [-0.3, -0.25) is 4.79 Å². The number of ether oxygens (including phenoxy) is 4. The first kappa shape index (κ1) is 49.6. The summed E-state index contributed by atoms with van der Waals surface area (Å²) in [6.07, 6.45) is 20.7. The van der Waals surface area contributed by atoms with Gasteiger partial charge in [-0.2, -0.15) is 0 Å². The van der Waals surface area contributed by atoms with Crippen molar-refractivity contribution in [3.63, 3.8) is 0 Å². The normalized spacial score (nSPS) is 22.9. The fourth-order valence-electron chi connectivity index (χ4n) is 10.1. The number of amides is 2. The average molecular weight is 874 g/mol. The van der Waals surface area contributed by atoms with Crippen LogP contribution in [0.4, 0.5) is 4.79 Å². The van der Waals surface area contributed by atoms with Gasteiger partial charge in [0, 0.05) is 44.7 Å². The molecule has 3 N–H and O–H groups in total. The summed E-state index contributed by atoms with van der Waals surface area (Å²) in [5, 5.41) is 27.3. The first-order valence-corrected chi connectivity index (χ1v) is 23.7. The molecule has 2 aliphatic carbocycles.